The molecule has 1 N–H and O–H groups in total. The van der Waals surface area contributed by atoms with Gasteiger partial charge in [-0.3, -0.25) is 14.3 Å². The molecule has 0 atom stereocenters. The van der Waals surface area contributed by atoms with Crippen LogP contribution >= 0.6 is 0 Å². The highest BCUT2D eigenvalue weighted by molar-refractivity contribution is 6.06. The number of carbonyl (C=O) groups is 2. The van der Waals surface area contributed by atoms with Crippen molar-refractivity contribution in [2.75, 3.05) is 20.6 Å². The largest absolute Gasteiger partial charge is 0.351 e. The predicted molar refractivity (Wildman–Crippen MR) is 90.9 cm³/mol. The molecule has 0 radical (unpaired) electrons. The zero-order valence-electron chi connectivity index (χ0n) is 14.6. The third-order valence-electron chi connectivity index (χ3n) is 4.35. The van der Waals surface area contributed by atoms with Crippen LogP contribution in [0.1, 0.15) is 46.9 Å². The smallest absolute Gasteiger partial charge is 0.252 e. The quantitative estimate of drug-likeness (QED) is 0.898. The van der Waals surface area contributed by atoms with E-state index in [0.29, 0.717) is 18.0 Å². The Labute approximate surface area is 141 Å². The van der Waals surface area contributed by atoms with Gasteiger partial charge >= 0.3 is 0 Å². The van der Waals surface area contributed by atoms with Crippen LogP contribution < -0.4 is 5.32 Å². The van der Waals surface area contributed by atoms with Gasteiger partial charge in [-0.2, -0.15) is 5.10 Å². The van der Waals surface area contributed by atoms with Crippen LogP contribution in [0, 0.1) is 6.92 Å². The van der Waals surface area contributed by atoms with Gasteiger partial charge in [0.05, 0.1) is 16.6 Å². The van der Waals surface area contributed by atoms with Crippen molar-refractivity contribution in [1.82, 2.24) is 25.0 Å². The molecular weight excluding hydrogens is 306 g/mol. The molecule has 24 heavy (non-hydrogen) atoms. The van der Waals surface area contributed by atoms with Crippen molar-refractivity contribution in [2.45, 2.75) is 32.1 Å². The van der Waals surface area contributed by atoms with Gasteiger partial charge in [0, 0.05) is 45.7 Å². The number of hydrogen-bond donors (Lipinski definition) is 1. The van der Waals surface area contributed by atoms with E-state index in [2.05, 4.69) is 10.4 Å². The molecule has 1 fully saturated rings. The minimum absolute atomic E-state index is 0.00796. The minimum atomic E-state index is -0.174. The van der Waals surface area contributed by atoms with E-state index in [0.717, 1.165) is 35.3 Å². The molecule has 0 aliphatic heterocycles. The fourth-order valence-corrected chi connectivity index (χ4v) is 2.83. The molecule has 2 amide bonds. The number of amides is 2. The standard InChI is InChI=1S/C17H23N5O2/c1-10-15-12(17(24)18-8-7-14(23)21(2)3)9-13(11-5-6-11)19-16(15)22(4)20-10/h9,11H,5-8H2,1-4H3,(H,18,24). The number of carbonyl (C=O) groups excluding carboxylic acids is 2. The van der Waals surface area contributed by atoms with Gasteiger partial charge in [-0.25, -0.2) is 4.98 Å². The summed E-state index contributed by atoms with van der Waals surface area (Å²) in [5.41, 5.74) is 3.09. The second-order valence-corrected chi connectivity index (χ2v) is 6.57. The van der Waals surface area contributed by atoms with Crippen LogP contribution in [0.3, 0.4) is 0 Å². The number of aryl methyl sites for hydroxylation is 2. The van der Waals surface area contributed by atoms with E-state index in [1.807, 2.05) is 20.0 Å². The van der Waals surface area contributed by atoms with Crippen molar-refractivity contribution >= 4 is 22.8 Å². The maximum Gasteiger partial charge on any atom is 0.252 e. The number of pyridine rings is 1. The number of nitrogens with one attached hydrogen (secondary N) is 1. The van der Waals surface area contributed by atoms with E-state index >= 15 is 0 Å². The molecule has 2 aromatic rings. The highest BCUT2D eigenvalue weighted by Gasteiger charge is 2.28. The molecule has 0 bridgehead atoms. The highest BCUT2D eigenvalue weighted by Crippen LogP contribution is 2.40. The van der Waals surface area contributed by atoms with Gasteiger partial charge in [-0.05, 0) is 25.8 Å². The Morgan fingerprint density at radius 3 is 2.71 bits per heavy atom. The SMILES string of the molecule is Cc1nn(C)c2nc(C3CC3)cc(C(=O)NCCC(=O)N(C)C)c12. The van der Waals surface area contributed by atoms with Crippen LogP contribution in [-0.2, 0) is 11.8 Å². The second-order valence-electron chi connectivity index (χ2n) is 6.57. The summed E-state index contributed by atoms with van der Waals surface area (Å²) in [7, 11) is 5.26. The minimum Gasteiger partial charge on any atom is -0.351 e. The molecule has 128 valence electrons. The van der Waals surface area contributed by atoms with Gasteiger partial charge in [-0.15, -0.1) is 0 Å². The average molecular weight is 329 g/mol. The number of aromatic nitrogens is 3. The summed E-state index contributed by atoms with van der Waals surface area (Å²) in [6.07, 6.45) is 2.52. The molecule has 7 heteroatoms. The van der Waals surface area contributed by atoms with Crippen LogP contribution in [0.5, 0.6) is 0 Å². The molecule has 7 nitrogen and oxygen atoms in total. The maximum absolute atomic E-state index is 12.7. The Morgan fingerprint density at radius 1 is 1.38 bits per heavy atom. The highest BCUT2D eigenvalue weighted by atomic mass is 16.2. The molecule has 3 rings (SSSR count). The lowest BCUT2D eigenvalue weighted by molar-refractivity contribution is -0.128. The third-order valence-corrected chi connectivity index (χ3v) is 4.35. The number of fused-ring (bicyclic) bond motifs is 1. The Bertz CT molecular complexity index is 805. The lowest BCUT2D eigenvalue weighted by Crippen LogP contribution is -2.30. The number of nitrogens with zero attached hydrogens (tertiary/aromatic N) is 4. The van der Waals surface area contributed by atoms with Crippen molar-refractivity contribution in [3.63, 3.8) is 0 Å². The first-order valence-corrected chi connectivity index (χ1v) is 8.21. The topological polar surface area (TPSA) is 80.1 Å². The zero-order chi connectivity index (χ0) is 17.4. The molecule has 0 aromatic carbocycles. The lowest BCUT2D eigenvalue weighted by atomic mass is 10.1. The van der Waals surface area contributed by atoms with Gasteiger partial charge in [0.2, 0.25) is 5.91 Å². The van der Waals surface area contributed by atoms with Gasteiger partial charge in [0.1, 0.15) is 0 Å². The third kappa shape index (κ3) is 3.11. The number of hydrogen-bond acceptors (Lipinski definition) is 4. The molecule has 1 aliphatic carbocycles. The predicted octanol–water partition coefficient (Wildman–Crippen LogP) is 1.36. The van der Waals surface area contributed by atoms with Crippen LogP contribution in [-0.4, -0.2) is 52.1 Å². The molecule has 2 heterocycles. The van der Waals surface area contributed by atoms with E-state index in [4.69, 9.17) is 4.98 Å². The van der Waals surface area contributed by atoms with E-state index < -0.39 is 0 Å². The van der Waals surface area contributed by atoms with E-state index in [1.54, 1.807) is 18.8 Å². The molecular formula is C17H23N5O2. The van der Waals surface area contributed by atoms with Crippen molar-refractivity contribution < 1.29 is 9.59 Å². The van der Waals surface area contributed by atoms with E-state index in [9.17, 15) is 9.59 Å². The van der Waals surface area contributed by atoms with Crippen LogP contribution in [0.15, 0.2) is 6.07 Å². The van der Waals surface area contributed by atoms with Gasteiger partial charge in [0.25, 0.3) is 5.91 Å². The summed E-state index contributed by atoms with van der Waals surface area (Å²) in [6.45, 7) is 2.20. The van der Waals surface area contributed by atoms with Crippen molar-refractivity contribution in [3.05, 3.63) is 23.0 Å². The molecule has 1 saturated carbocycles. The summed E-state index contributed by atoms with van der Waals surface area (Å²) in [5.74, 6) is 0.268. The summed E-state index contributed by atoms with van der Waals surface area (Å²) >= 11 is 0. The summed E-state index contributed by atoms with van der Waals surface area (Å²) in [5, 5.41) is 8.04. The van der Waals surface area contributed by atoms with Crippen molar-refractivity contribution in [2.24, 2.45) is 7.05 Å². The summed E-state index contributed by atoms with van der Waals surface area (Å²) in [6, 6.07) is 1.89. The van der Waals surface area contributed by atoms with Gasteiger partial charge in [-0.1, -0.05) is 0 Å². The maximum atomic E-state index is 12.7. The first-order chi connectivity index (χ1) is 11.4. The molecule has 1 aliphatic rings. The average Bonchev–Trinajstić information content (AvgIpc) is 3.33. The zero-order valence-corrected chi connectivity index (χ0v) is 14.6. The lowest BCUT2D eigenvalue weighted by Gasteiger charge is -2.11. The molecule has 2 aromatic heterocycles. The fraction of sp³-hybridized carbons (Fsp3) is 0.529. The fourth-order valence-electron chi connectivity index (χ4n) is 2.83. The van der Waals surface area contributed by atoms with Crippen molar-refractivity contribution in [3.8, 4) is 0 Å². The molecule has 0 unspecified atom stereocenters. The first kappa shape index (κ1) is 16.4. The normalized spacial score (nSPS) is 14.0. The Balaban J connectivity index is 1.87. The first-order valence-electron chi connectivity index (χ1n) is 8.21. The van der Waals surface area contributed by atoms with Gasteiger partial charge < -0.3 is 10.2 Å². The Hall–Kier alpha value is -2.44. The summed E-state index contributed by atoms with van der Waals surface area (Å²) < 4.78 is 1.73. The van der Waals surface area contributed by atoms with Crippen LogP contribution in [0.4, 0.5) is 0 Å². The van der Waals surface area contributed by atoms with Crippen molar-refractivity contribution in [1.29, 1.82) is 0 Å². The second kappa shape index (κ2) is 6.22. The van der Waals surface area contributed by atoms with Gasteiger partial charge in [0.15, 0.2) is 5.65 Å². The van der Waals surface area contributed by atoms with E-state index in [1.165, 1.54) is 4.90 Å². The Kier molecular flexibility index (Phi) is 4.26. The summed E-state index contributed by atoms with van der Waals surface area (Å²) in [4.78, 5) is 30.5. The Morgan fingerprint density at radius 2 is 2.08 bits per heavy atom. The molecule has 0 saturated heterocycles. The molecule has 0 spiro atoms. The van der Waals surface area contributed by atoms with Crippen LogP contribution in [0.25, 0.3) is 11.0 Å². The number of rotatable bonds is 5. The van der Waals surface area contributed by atoms with Crippen LogP contribution in [0.2, 0.25) is 0 Å². The monoisotopic (exact) mass is 329 g/mol. The van der Waals surface area contributed by atoms with E-state index in [-0.39, 0.29) is 18.2 Å².